The Morgan fingerprint density at radius 3 is 2.84 bits per heavy atom. The first-order valence-electron chi connectivity index (χ1n) is 7.57. The molecule has 0 amide bonds. The number of halogens is 1. The van der Waals surface area contributed by atoms with Gasteiger partial charge in [-0.05, 0) is 11.6 Å². The van der Waals surface area contributed by atoms with E-state index in [1.165, 1.54) is 19.2 Å². The maximum atomic E-state index is 11.2. The van der Waals surface area contributed by atoms with Crippen molar-refractivity contribution in [3.8, 4) is 5.75 Å². The van der Waals surface area contributed by atoms with E-state index in [1.54, 1.807) is 6.07 Å². The van der Waals surface area contributed by atoms with Gasteiger partial charge >= 0.3 is 11.7 Å². The molecule has 2 rings (SSSR count). The summed E-state index contributed by atoms with van der Waals surface area (Å²) in [5.41, 5.74) is 0.508. The molecule has 3 N–H and O–H groups in total. The average Bonchev–Trinajstić information content (AvgIpc) is 2.98. The number of methoxy groups -OCH3 is 1. The summed E-state index contributed by atoms with van der Waals surface area (Å²) in [6.45, 7) is 1.99. The minimum Gasteiger partial charge on any atom is -0.475 e. The van der Waals surface area contributed by atoms with Crippen molar-refractivity contribution in [3.63, 3.8) is 0 Å². The predicted molar refractivity (Wildman–Crippen MR) is 91.9 cm³/mol. The first-order chi connectivity index (χ1) is 11.5. The Morgan fingerprint density at radius 1 is 1.48 bits per heavy atom. The number of β-amino-alcohol motifs (C(OH)–C–C–N with tert-alkyl or cyclic N) is 1. The summed E-state index contributed by atoms with van der Waals surface area (Å²) in [4.78, 5) is 21.7. The van der Waals surface area contributed by atoms with Crippen LogP contribution in [0.3, 0.4) is 0 Å². The lowest BCUT2D eigenvalue weighted by Crippen LogP contribution is -2.30. The lowest BCUT2D eigenvalue weighted by atomic mass is 10.1. The van der Waals surface area contributed by atoms with E-state index in [4.69, 9.17) is 4.74 Å². The van der Waals surface area contributed by atoms with Crippen LogP contribution >= 0.6 is 12.4 Å². The molecule has 1 aliphatic rings. The zero-order valence-electron chi connectivity index (χ0n) is 13.8. The van der Waals surface area contributed by atoms with Crippen molar-refractivity contribution in [1.29, 1.82) is 0 Å². The highest BCUT2D eigenvalue weighted by atomic mass is 35.5. The number of aliphatic hydroxyl groups excluding tert-OH is 1. The van der Waals surface area contributed by atoms with Gasteiger partial charge in [-0.25, -0.2) is 4.79 Å². The van der Waals surface area contributed by atoms with Gasteiger partial charge in [-0.3, -0.25) is 10.1 Å². The zero-order chi connectivity index (χ0) is 17.5. The molecule has 1 fully saturated rings. The number of hydrogen-bond acceptors (Lipinski definition) is 8. The second-order valence-corrected chi connectivity index (χ2v) is 5.54. The van der Waals surface area contributed by atoms with E-state index in [1.807, 2.05) is 0 Å². The van der Waals surface area contributed by atoms with Gasteiger partial charge in [0.25, 0.3) is 0 Å². The van der Waals surface area contributed by atoms with Gasteiger partial charge in [0, 0.05) is 38.2 Å². The van der Waals surface area contributed by atoms with Gasteiger partial charge in [-0.1, -0.05) is 6.07 Å². The van der Waals surface area contributed by atoms with E-state index in [2.05, 4.69) is 15.4 Å². The summed E-state index contributed by atoms with van der Waals surface area (Å²) in [5, 5.41) is 27.2. The molecule has 2 unspecified atom stereocenters. The first kappa shape index (κ1) is 21.1. The van der Waals surface area contributed by atoms with E-state index in [-0.39, 0.29) is 42.5 Å². The Kier molecular flexibility index (Phi) is 8.56. The van der Waals surface area contributed by atoms with Crippen molar-refractivity contribution >= 4 is 24.1 Å². The van der Waals surface area contributed by atoms with Gasteiger partial charge in [0.2, 0.25) is 0 Å². The molecule has 140 valence electrons. The van der Waals surface area contributed by atoms with E-state index in [9.17, 15) is 20.0 Å². The number of nitro groups is 1. The van der Waals surface area contributed by atoms with Crippen LogP contribution in [0.2, 0.25) is 0 Å². The molecular weight excluding hydrogens is 354 g/mol. The standard InChI is InChI=1S/C15H21N3O6.ClH/c1-23-15(20)9-24-14-3-2-10(4-12(14)18(21)22)5-16-6-11-7-17-8-13(11)19;/h2-4,11,13,16-17,19H,5-9H2,1H3;1H. The number of hydrogen-bond donors (Lipinski definition) is 3. The molecule has 2 atom stereocenters. The van der Waals surface area contributed by atoms with Crippen molar-refractivity contribution in [2.45, 2.75) is 12.6 Å². The molecule has 9 nitrogen and oxygen atoms in total. The van der Waals surface area contributed by atoms with Crippen molar-refractivity contribution < 1.29 is 24.3 Å². The molecular formula is C15H22ClN3O6. The molecule has 1 saturated heterocycles. The second-order valence-electron chi connectivity index (χ2n) is 5.54. The molecule has 0 radical (unpaired) electrons. The minimum absolute atomic E-state index is 0. The number of rotatable bonds is 8. The molecule has 0 saturated carbocycles. The number of benzene rings is 1. The summed E-state index contributed by atoms with van der Waals surface area (Å²) in [6.07, 6.45) is -0.374. The van der Waals surface area contributed by atoms with Crippen LogP contribution < -0.4 is 15.4 Å². The maximum absolute atomic E-state index is 11.2. The maximum Gasteiger partial charge on any atom is 0.343 e. The lowest BCUT2D eigenvalue weighted by molar-refractivity contribution is -0.385. The third-order valence-corrected chi connectivity index (χ3v) is 3.83. The largest absolute Gasteiger partial charge is 0.475 e. The highest BCUT2D eigenvalue weighted by Gasteiger charge is 2.24. The Labute approximate surface area is 151 Å². The van der Waals surface area contributed by atoms with E-state index >= 15 is 0 Å². The summed E-state index contributed by atoms with van der Waals surface area (Å²) >= 11 is 0. The summed E-state index contributed by atoms with van der Waals surface area (Å²) in [7, 11) is 1.21. The Bertz CT molecular complexity index is 601. The molecule has 0 aromatic heterocycles. The Balaban J connectivity index is 0.00000312. The van der Waals surface area contributed by atoms with Crippen molar-refractivity contribution in [2.24, 2.45) is 5.92 Å². The fourth-order valence-electron chi connectivity index (χ4n) is 2.46. The molecule has 0 spiro atoms. The number of esters is 1. The molecule has 1 aliphatic heterocycles. The molecule has 25 heavy (non-hydrogen) atoms. The third kappa shape index (κ3) is 6.13. The molecule has 10 heteroatoms. The number of ether oxygens (including phenoxy) is 2. The molecule has 1 heterocycles. The van der Waals surface area contributed by atoms with Gasteiger partial charge in [-0.2, -0.15) is 0 Å². The smallest absolute Gasteiger partial charge is 0.343 e. The van der Waals surface area contributed by atoms with Crippen LogP contribution in [-0.4, -0.2) is 55.5 Å². The minimum atomic E-state index is -0.612. The monoisotopic (exact) mass is 375 g/mol. The van der Waals surface area contributed by atoms with Crippen LogP contribution in [0.25, 0.3) is 0 Å². The van der Waals surface area contributed by atoms with Crippen molar-refractivity contribution in [3.05, 3.63) is 33.9 Å². The van der Waals surface area contributed by atoms with Crippen molar-refractivity contribution in [2.75, 3.05) is 33.4 Å². The number of carbonyl (C=O) groups excluding carboxylic acids is 1. The van der Waals surface area contributed by atoms with Crippen molar-refractivity contribution in [1.82, 2.24) is 10.6 Å². The number of carbonyl (C=O) groups is 1. The fourth-order valence-corrected chi connectivity index (χ4v) is 2.46. The second kappa shape index (κ2) is 10.1. The van der Waals surface area contributed by atoms with E-state index in [0.29, 0.717) is 25.2 Å². The topological polar surface area (TPSA) is 123 Å². The number of nitrogens with zero attached hydrogens (tertiary/aromatic N) is 1. The highest BCUT2D eigenvalue weighted by Crippen LogP contribution is 2.28. The quantitative estimate of drug-likeness (QED) is 0.335. The molecule has 0 aliphatic carbocycles. The van der Waals surface area contributed by atoms with Gasteiger partial charge in [-0.15, -0.1) is 12.4 Å². The van der Waals surface area contributed by atoms with E-state index < -0.39 is 10.9 Å². The predicted octanol–water partition coefficient (Wildman–Crippen LogP) is 0.238. The van der Waals surface area contributed by atoms with Crippen LogP contribution in [0.15, 0.2) is 18.2 Å². The summed E-state index contributed by atoms with van der Waals surface area (Å²) in [6, 6.07) is 4.56. The SMILES string of the molecule is COC(=O)COc1ccc(CNCC2CNCC2O)cc1[N+](=O)[O-].Cl. The van der Waals surface area contributed by atoms with E-state index in [0.717, 1.165) is 6.54 Å². The lowest BCUT2D eigenvalue weighted by Gasteiger charge is -2.14. The number of nitro benzene ring substituents is 1. The van der Waals surface area contributed by atoms with Crippen LogP contribution in [0, 0.1) is 16.0 Å². The van der Waals surface area contributed by atoms with Gasteiger partial charge in [0.1, 0.15) is 0 Å². The number of aliphatic hydroxyl groups is 1. The van der Waals surface area contributed by atoms with Crippen LogP contribution in [0.1, 0.15) is 5.56 Å². The molecule has 0 bridgehead atoms. The molecule has 1 aromatic carbocycles. The van der Waals surface area contributed by atoms with Gasteiger partial charge in [0.15, 0.2) is 12.4 Å². The Hall–Kier alpha value is -1.94. The Morgan fingerprint density at radius 2 is 2.24 bits per heavy atom. The average molecular weight is 376 g/mol. The van der Waals surface area contributed by atoms with Crippen LogP contribution in [0.4, 0.5) is 5.69 Å². The summed E-state index contributed by atoms with van der Waals surface area (Å²) < 4.78 is 9.57. The van der Waals surface area contributed by atoms with Gasteiger partial charge < -0.3 is 25.2 Å². The molecule has 1 aromatic rings. The van der Waals surface area contributed by atoms with Crippen LogP contribution in [0.5, 0.6) is 5.75 Å². The summed E-state index contributed by atoms with van der Waals surface area (Å²) in [5.74, 6) is -0.467. The zero-order valence-corrected chi connectivity index (χ0v) is 14.6. The third-order valence-electron chi connectivity index (χ3n) is 3.83. The normalized spacial score (nSPS) is 19.1. The highest BCUT2D eigenvalue weighted by molar-refractivity contribution is 5.85. The van der Waals surface area contributed by atoms with Crippen LogP contribution in [-0.2, 0) is 16.1 Å². The number of nitrogens with one attached hydrogen (secondary N) is 2. The van der Waals surface area contributed by atoms with Gasteiger partial charge in [0.05, 0.1) is 18.1 Å². The first-order valence-corrected chi connectivity index (χ1v) is 7.57. The fraction of sp³-hybridized carbons (Fsp3) is 0.533.